The van der Waals surface area contributed by atoms with Gasteiger partial charge >= 0.3 is 0 Å². The second kappa shape index (κ2) is 13.1. The highest BCUT2D eigenvalue weighted by Crippen LogP contribution is 2.43. The summed E-state index contributed by atoms with van der Waals surface area (Å²) in [6.45, 7) is 2.33. The topological polar surface area (TPSA) is 0 Å². The van der Waals surface area contributed by atoms with Crippen LogP contribution in [0.3, 0.4) is 0 Å². The standard InChI is InChI=1S/C32H49F/c1-2-3-4-25-13-19-30(20-14-25)31-21-15-28(16-22-31)11-9-26-5-7-27(8-6-26)10-12-29-17-23-32(33)24-18-29/h9,11,17-18,23-28,30-31H,2-8,10,12-16,19-22H2,1H3/t25-,26-,27-,28-,30-,31-. The smallest absolute Gasteiger partial charge is 0.123 e. The van der Waals surface area contributed by atoms with Crippen LogP contribution in [0.25, 0.3) is 0 Å². The van der Waals surface area contributed by atoms with Crippen molar-refractivity contribution in [1.29, 1.82) is 0 Å². The molecule has 0 heterocycles. The van der Waals surface area contributed by atoms with Crippen LogP contribution in [-0.4, -0.2) is 0 Å². The molecular formula is C32H49F. The number of aryl methyl sites for hydroxylation is 1. The molecule has 0 saturated heterocycles. The van der Waals surface area contributed by atoms with Gasteiger partial charge in [-0.25, -0.2) is 4.39 Å². The van der Waals surface area contributed by atoms with Crippen molar-refractivity contribution in [1.82, 2.24) is 0 Å². The van der Waals surface area contributed by atoms with Gasteiger partial charge < -0.3 is 0 Å². The molecule has 1 aromatic carbocycles. The van der Waals surface area contributed by atoms with Gasteiger partial charge in [0, 0.05) is 0 Å². The highest BCUT2D eigenvalue weighted by Gasteiger charge is 2.30. The molecule has 0 spiro atoms. The largest absolute Gasteiger partial charge is 0.207 e. The maximum atomic E-state index is 13.1. The van der Waals surface area contributed by atoms with Gasteiger partial charge in [0.05, 0.1) is 0 Å². The summed E-state index contributed by atoms with van der Waals surface area (Å²) < 4.78 is 13.1. The second-order valence-electron chi connectivity index (χ2n) is 11.9. The summed E-state index contributed by atoms with van der Waals surface area (Å²) in [7, 11) is 0. The van der Waals surface area contributed by atoms with E-state index in [4.69, 9.17) is 0 Å². The van der Waals surface area contributed by atoms with Gasteiger partial charge in [0.1, 0.15) is 5.82 Å². The van der Waals surface area contributed by atoms with Crippen LogP contribution in [0.1, 0.15) is 115 Å². The third kappa shape index (κ3) is 7.97. The minimum Gasteiger partial charge on any atom is -0.207 e. The minimum atomic E-state index is -0.121. The Balaban J connectivity index is 1.09. The van der Waals surface area contributed by atoms with Crippen molar-refractivity contribution in [3.8, 4) is 0 Å². The van der Waals surface area contributed by atoms with Crippen LogP contribution in [0.5, 0.6) is 0 Å². The number of halogens is 1. The van der Waals surface area contributed by atoms with Gasteiger partial charge in [-0.15, -0.1) is 0 Å². The fourth-order valence-electron chi connectivity index (χ4n) is 7.26. The molecule has 0 N–H and O–H groups in total. The Morgan fingerprint density at radius 1 is 0.667 bits per heavy atom. The average molecular weight is 453 g/mol. The first-order chi connectivity index (χ1) is 16.2. The Hall–Kier alpha value is -1.11. The number of allylic oxidation sites excluding steroid dienone is 2. The maximum absolute atomic E-state index is 13.1. The number of benzene rings is 1. The molecule has 0 aromatic heterocycles. The van der Waals surface area contributed by atoms with Gasteiger partial charge in [0.25, 0.3) is 0 Å². The number of unbranched alkanes of at least 4 members (excludes halogenated alkanes) is 1. The van der Waals surface area contributed by atoms with Gasteiger partial charge in [-0.2, -0.15) is 0 Å². The molecule has 0 radical (unpaired) electrons. The SMILES string of the molecule is CCCC[C@H]1CC[C@H]([C@H]2CC[C@H](C=C[C@H]3CC[C@H](CCc4ccc(F)cc4)CC3)CC2)CC1. The zero-order valence-electron chi connectivity index (χ0n) is 21.3. The summed E-state index contributed by atoms with van der Waals surface area (Å²) >= 11 is 0. The van der Waals surface area contributed by atoms with E-state index in [1.165, 1.54) is 108 Å². The van der Waals surface area contributed by atoms with Crippen molar-refractivity contribution in [2.24, 2.45) is 35.5 Å². The van der Waals surface area contributed by atoms with Crippen LogP contribution in [0.15, 0.2) is 36.4 Å². The first-order valence-electron chi connectivity index (χ1n) is 14.6. The Morgan fingerprint density at radius 3 is 1.73 bits per heavy atom. The monoisotopic (exact) mass is 452 g/mol. The zero-order chi connectivity index (χ0) is 22.9. The van der Waals surface area contributed by atoms with Crippen LogP contribution in [0, 0.1) is 41.3 Å². The second-order valence-corrected chi connectivity index (χ2v) is 11.9. The predicted molar refractivity (Wildman–Crippen MR) is 140 cm³/mol. The molecule has 1 heteroatoms. The molecule has 1 aromatic rings. The maximum Gasteiger partial charge on any atom is 0.123 e. The van der Waals surface area contributed by atoms with E-state index in [1.54, 1.807) is 12.1 Å². The van der Waals surface area contributed by atoms with Crippen molar-refractivity contribution < 1.29 is 4.39 Å². The number of rotatable bonds is 9. The number of hydrogen-bond donors (Lipinski definition) is 0. The minimum absolute atomic E-state index is 0.121. The van der Waals surface area contributed by atoms with Gasteiger partial charge in [-0.05, 0) is 130 Å². The lowest BCUT2D eigenvalue weighted by Gasteiger charge is -2.37. The third-order valence-corrected chi connectivity index (χ3v) is 9.64. The van der Waals surface area contributed by atoms with E-state index < -0.39 is 0 Å². The lowest BCUT2D eigenvalue weighted by Crippen LogP contribution is -2.25. The Morgan fingerprint density at radius 2 is 1.15 bits per heavy atom. The fraction of sp³-hybridized carbons (Fsp3) is 0.750. The molecule has 0 amide bonds. The summed E-state index contributed by atoms with van der Waals surface area (Å²) in [5.41, 5.74) is 1.29. The molecule has 3 aliphatic rings. The first-order valence-corrected chi connectivity index (χ1v) is 14.6. The van der Waals surface area contributed by atoms with Crippen LogP contribution >= 0.6 is 0 Å². The fourth-order valence-corrected chi connectivity index (χ4v) is 7.26. The van der Waals surface area contributed by atoms with Crippen molar-refractivity contribution in [3.05, 3.63) is 47.8 Å². The van der Waals surface area contributed by atoms with Crippen molar-refractivity contribution in [2.75, 3.05) is 0 Å². The Labute approximate surface area is 203 Å². The van der Waals surface area contributed by atoms with E-state index in [9.17, 15) is 4.39 Å². The molecule has 3 saturated carbocycles. The van der Waals surface area contributed by atoms with E-state index in [2.05, 4.69) is 19.1 Å². The van der Waals surface area contributed by atoms with Crippen molar-refractivity contribution in [2.45, 2.75) is 116 Å². The Bertz CT molecular complexity index is 680. The highest BCUT2D eigenvalue weighted by molar-refractivity contribution is 5.16. The normalized spacial score (nSPS) is 33.4. The first kappa shape index (κ1) is 25.0. The molecule has 0 atom stereocenters. The average Bonchev–Trinajstić information content (AvgIpc) is 2.87. The molecule has 3 aliphatic carbocycles. The molecule has 184 valence electrons. The lowest BCUT2D eigenvalue weighted by atomic mass is 9.68. The summed E-state index contributed by atoms with van der Waals surface area (Å²) in [5.74, 6) is 5.58. The molecule has 0 aliphatic heterocycles. The van der Waals surface area contributed by atoms with Crippen molar-refractivity contribution in [3.63, 3.8) is 0 Å². The van der Waals surface area contributed by atoms with Gasteiger partial charge in [0.15, 0.2) is 0 Å². The van der Waals surface area contributed by atoms with E-state index in [1.807, 2.05) is 12.1 Å². The number of hydrogen-bond acceptors (Lipinski definition) is 0. The van der Waals surface area contributed by atoms with E-state index in [0.717, 1.165) is 41.9 Å². The molecule has 0 nitrogen and oxygen atoms in total. The molecular weight excluding hydrogens is 403 g/mol. The Kier molecular flexibility index (Phi) is 9.93. The van der Waals surface area contributed by atoms with Gasteiger partial charge in [-0.1, -0.05) is 63.3 Å². The van der Waals surface area contributed by atoms with Crippen LogP contribution in [0.2, 0.25) is 0 Å². The van der Waals surface area contributed by atoms with Gasteiger partial charge in [0.2, 0.25) is 0 Å². The summed E-state index contributed by atoms with van der Waals surface area (Å²) in [6.07, 6.45) is 29.4. The molecule has 0 unspecified atom stereocenters. The zero-order valence-corrected chi connectivity index (χ0v) is 21.3. The van der Waals surface area contributed by atoms with Crippen LogP contribution in [-0.2, 0) is 6.42 Å². The molecule has 0 bridgehead atoms. The van der Waals surface area contributed by atoms with Crippen LogP contribution < -0.4 is 0 Å². The van der Waals surface area contributed by atoms with Gasteiger partial charge in [-0.3, -0.25) is 0 Å². The molecule has 4 rings (SSSR count). The lowest BCUT2D eigenvalue weighted by molar-refractivity contribution is 0.151. The molecule has 33 heavy (non-hydrogen) atoms. The predicted octanol–water partition coefficient (Wildman–Crippen LogP) is 9.92. The summed E-state index contributed by atoms with van der Waals surface area (Å²) in [4.78, 5) is 0. The van der Waals surface area contributed by atoms with E-state index in [-0.39, 0.29) is 5.82 Å². The van der Waals surface area contributed by atoms with E-state index in [0.29, 0.717) is 0 Å². The third-order valence-electron chi connectivity index (χ3n) is 9.64. The van der Waals surface area contributed by atoms with Crippen molar-refractivity contribution >= 4 is 0 Å². The highest BCUT2D eigenvalue weighted by atomic mass is 19.1. The summed E-state index contributed by atoms with van der Waals surface area (Å²) in [6, 6.07) is 7.11. The summed E-state index contributed by atoms with van der Waals surface area (Å²) in [5, 5.41) is 0. The van der Waals surface area contributed by atoms with E-state index >= 15 is 0 Å². The quantitative estimate of drug-likeness (QED) is 0.327. The van der Waals surface area contributed by atoms with Crippen LogP contribution in [0.4, 0.5) is 4.39 Å². The molecule has 3 fully saturated rings.